The van der Waals surface area contributed by atoms with Gasteiger partial charge in [-0.15, -0.1) is 0 Å². The van der Waals surface area contributed by atoms with Crippen molar-refractivity contribution >= 4 is 6.21 Å². The standard InChI is InChI=1S/C9H8F3NO/c1-14-13-6-7-2-4-8(5-3-7)9(10,11)12/h2-6H,1H3. The molecular weight excluding hydrogens is 195 g/mol. The van der Waals surface area contributed by atoms with Gasteiger partial charge in [-0.1, -0.05) is 17.3 Å². The van der Waals surface area contributed by atoms with Crippen LogP contribution in [0.1, 0.15) is 11.1 Å². The molecule has 2 nitrogen and oxygen atoms in total. The maximum absolute atomic E-state index is 12.1. The van der Waals surface area contributed by atoms with E-state index in [0.717, 1.165) is 12.1 Å². The molecule has 0 aliphatic rings. The molecular formula is C9H8F3NO. The molecule has 76 valence electrons. The first-order valence-corrected chi connectivity index (χ1v) is 3.78. The zero-order valence-corrected chi connectivity index (χ0v) is 7.38. The first-order chi connectivity index (χ1) is 6.54. The molecule has 0 aliphatic carbocycles. The number of oxime groups is 1. The second kappa shape index (κ2) is 4.13. The number of halogens is 3. The largest absolute Gasteiger partial charge is 0.416 e. The molecule has 0 fully saturated rings. The van der Waals surface area contributed by atoms with E-state index in [0.29, 0.717) is 5.56 Å². The molecule has 1 aromatic rings. The van der Waals surface area contributed by atoms with Crippen molar-refractivity contribution in [1.82, 2.24) is 0 Å². The minimum atomic E-state index is -4.29. The van der Waals surface area contributed by atoms with Gasteiger partial charge in [0.25, 0.3) is 0 Å². The lowest BCUT2D eigenvalue weighted by Gasteiger charge is -2.05. The zero-order valence-electron chi connectivity index (χ0n) is 7.38. The molecule has 0 heterocycles. The summed E-state index contributed by atoms with van der Waals surface area (Å²) in [7, 11) is 1.36. The maximum atomic E-state index is 12.1. The van der Waals surface area contributed by atoms with Crippen molar-refractivity contribution < 1.29 is 18.0 Å². The summed E-state index contributed by atoms with van der Waals surface area (Å²) >= 11 is 0. The van der Waals surface area contributed by atoms with Crippen LogP contribution in [0.15, 0.2) is 29.4 Å². The van der Waals surface area contributed by atoms with E-state index in [4.69, 9.17) is 0 Å². The van der Waals surface area contributed by atoms with E-state index in [1.54, 1.807) is 0 Å². The minimum Gasteiger partial charge on any atom is -0.399 e. The Morgan fingerprint density at radius 3 is 2.21 bits per heavy atom. The van der Waals surface area contributed by atoms with E-state index < -0.39 is 11.7 Å². The third-order valence-electron chi connectivity index (χ3n) is 1.55. The number of rotatable bonds is 2. The van der Waals surface area contributed by atoms with Crippen molar-refractivity contribution in [1.29, 1.82) is 0 Å². The molecule has 0 saturated carbocycles. The summed E-state index contributed by atoms with van der Waals surface area (Å²) < 4.78 is 36.3. The van der Waals surface area contributed by atoms with Gasteiger partial charge in [0.1, 0.15) is 7.11 Å². The Labute approximate surface area is 79.0 Å². The highest BCUT2D eigenvalue weighted by molar-refractivity contribution is 5.79. The molecule has 0 spiro atoms. The molecule has 0 aliphatic heterocycles. The van der Waals surface area contributed by atoms with E-state index in [2.05, 4.69) is 9.99 Å². The summed E-state index contributed by atoms with van der Waals surface area (Å²) in [5, 5.41) is 3.43. The van der Waals surface area contributed by atoms with Crippen LogP contribution >= 0.6 is 0 Å². The Bertz CT molecular complexity index is 316. The summed E-state index contributed by atoms with van der Waals surface area (Å²) in [6, 6.07) is 4.64. The molecule has 1 aromatic carbocycles. The van der Waals surface area contributed by atoms with Crippen molar-refractivity contribution in [2.75, 3.05) is 7.11 Å². The van der Waals surface area contributed by atoms with Crippen LogP contribution in [0.3, 0.4) is 0 Å². The van der Waals surface area contributed by atoms with Gasteiger partial charge in [0.05, 0.1) is 11.8 Å². The average molecular weight is 203 g/mol. The zero-order chi connectivity index (χ0) is 10.6. The second-order valence-electron chi connectivity index (χ2n) is 2.54. The quantitative estimate of drug-likeness (QED) is 0.535. The first-order valence-electron chi connectivity index (χ1n) is 3.78. The highest BCUT2D eigenvalue weighted by Crippen LogP contribution is 2.28. The summed E-state index contributed by atoms with van der Waals surface area (Å²) in [6.45, 7) is 0. The predicted molar refractivity (Wildman–Crippen MR) is 46.0 cm³/mol. The van der Waals surface area contributed by atoms with Crippen LogP contribution in [-0.2, 0) is 11.0 Å². The van der Waals surface area contributed by atoms with Gasteiger partial charge in [-0.2, -0.15) is 13.2 Å². The van der Waals surface area contributed by atoms with E-state index in [-0.39, 0.29) is 0 Å². The monoisotopic (exact) mass is 203 g/mol. The highest BCUT2D eigenvalue weighted by Gasteiger charge is 2.29. The van der Waals surface area contributed by atoms with Gasteiger partial charge in [0.2, 0.25) is 0 Å². The van der Waals surface area contributed by atoms with Crippen LogP contribution < -0.4 is 0 Å². The lowest BCUT2D eigenvalue weighted by atomic mass is 10.1. The Morgan fingerprint density at radius 1 is 1.21 bits per heavy atom. The maximum Gasteiger partial charge on any atom is 0.416 e. The highest BCUT2D eigenvalue weighted by atomic mass is 19.4. The summed E-state index contributed by atoms with van der Waals surface area (Å²) in [5.74, 6) is 0. The van der Waals surface area contributed by atoms with E-state index in [9.17, 15) is 13.2 Å². The SMILES string of the molecule is CON=Cc1ccc(C(F)(F)F)cc1. The molecule has 5 heteroatoms. The minimum absolute atomic E-state index is 0.555. The molecule has 0 N–H and O–H groups in total. The molecule has 0 bridgehead atoms. The molecule has 0 aromatic heterocycles. The van der Waals surface area contributed by atoms with Crippen LogP contribution in [0, 0.1) is 0 Å². The lowest BCUT2D eigenvalue weighted by Crippen LogP contribution is -2.04. The molecule has 0 atom stereocenters. The van der Waals surface area contributed by atoms with Crippen LogP contribution in [0.25, 0.3) is 0 Å². The number of alkyl halides is 3. The van der Waals surface area contributed by atoms with Gasteiger partial charge in [0, 0.05) is 0 Å². The van der Waals surface area contributed by atoms with E-state index in [1.165, 1.54) is 25.5 Å². The van der Waals surface area contributed by atoms with Gasteiger partial charge < -0.3 is 4.84 Å². The fraction of sp³-hybridized carbons (Fsp3) is 0.222. The van der Waals surface area contributed by atoms with Crippen molar-refractivity contribution in [2.24, 2.45) is 5.16 Å². The molecule has 0 amide bonds. The van der Waals surface area contributed by atoms with Crippen molar-refractivity contribution in [3.05, 3.63) is 35.4 Å². The van der Waals surface area contributed by atoms with Crippen LogP contribution in [0.5, 0.6) is 0 Å². The normalized spacial score (nSPS) is 12.0. The Morgan fingerprint density at radius 2 is 1.79 bits per heavy atom. The van der Waals surface area contributed by atoms with E-state index >= 15 is 0 Å². The summed E-state index contributed by atoms with van der Waals surface area (Å²) in [6.07, 6.45) is -2.96. The number of benzene rings is 1. The van der Waals surface area contributed by atoms with Crippen molar-refractivity contribution in [3.63, 3.8) is 0 Å². The van der Waals surface area contributed by atoms with Crippen molar-refractivity contribution in [2.45, 2.75) is 6.18 Å². The van der Waals surface area contributed by atoms with Gasteiger partial charge in [-0.3, -0.25) is 0 Å². The molecule has 0 radical (unpaired) electrons. The average Bonchev–Trinajstić information content (AvgIpc) is 2.14. The molecule has 14 heavy (non-hydrogen) atoms. The Balaban J connectivity index is 2.84. The number of nitrogens with zero attached hydrogens (tertiary/aromatic N) is 1. The molecule has 0 unspecified atom stereocenters. The Kier molecular flexibility index (Phi) is 3.11. The fourth-order valence-corrected chi connectivity index (χ4v) is 0.872. The topological polar surface area (TPSA) is 21.6 Å². The molecule has 0 saturated heterocycles. The third-order valence-corrected chi connectivity index (χ3v) is 1.55. The van der Waals surface area contributed by atoms with Gasteiger partial charge in [-0.05, 0) is 17.7 Å². The smallest absolute Gasteiger partial charge is 0.399 e. The van der Waals surface area contributed by atoms with Gasteiger partial charge in [-0.25, -0.2) is 0 Å². The Hall–Kier alpha value is -1.52. The predicted octanol–water partition coefficient (Wildman–Crippen LogP) is 2.69. The van der Waals surface area contributed by atoms with Crippen LogP contribution in [-0.4, -0.2) is 13.3 Å². The summed E-state index contributed by atoms with van der Waals surface area (Å²) in [5.41, 5.74) is -0.119. The fourth-order valence-electron chi connectivity index (χ4n) is 0.872. The van der Waals surface area contributed by atoms with Crippen LogP contribution in [0.4, 0.5) is 13.2 Å². The number of hydrogen-bond donors (Lipinski definition) is 0. The lowest BCUT2D eigenvalue weighted by molar-refractivity contribution is -0.137. The first kappa shape index (κ1) is 10.6. The number of hydrogen-bond acceptors (Lipinski definition) is 2. The molecule has 1 rings (SSSR count). The van der Waals surface area contributed by atoms with Crippen LogP contribution in [0.2, 0.25) is 0 Å². The van der Waals surface area contributed by atoms with Gasteiger partial charge in [0.15, 0.2) is 0 Å². The third kappa shape index (κ3) is 2.76. The van der Waals surface area contributed by atoms with Crippen molar-refractivity contribution in [3.8, 4) is 0 Å². The second-order valence-corrected chi connectivity index (χ2v) is 2.54. The summed E-state index contributed by atoms with van der Waals surface area (Å²) in [4.78, 5) is 4.39. The van der Waals surface area contributed by atoms with E-state index in [1.807, 2.05) is 0 Å². The van der Waals surface area contributed by atoms with Gasteiger partial charge >= 0.3 is 6.18 Å².